The van der Waals surface area contributed by atoms with Crippen LogP contribution in [0.1, 0.15) is 23.2 Å². The molecule has 2 aromatic rings. The van der Waals surface area contributed by atoms with Gasteiger partial charge < -0.3 is 10.6 Å². The first-order chi connectivity index (χ1) is 11.0. The zero-order valence-corrected chi connectivity index (χ0v) is 12.3. The molecule has 23 heavy (non-hydrogen) atoms. The number of fused-ring (bicyclic) bond motifs is 1. The monoisotopic (exact) mass is 314 g/mol. The van der Waals surface area contributed by atoms with Crippen LogP contribution in [0.2, 0.25) is 0 Å². The van der Waals surface area contributed by atoms with Crippen molar-refractivity contribution in [1.29, 1.82) is 0 Å². The van der Waals surface area contributed by atoms with Gasteiger partial charge in [-0.25, -0.2) is 9.07 Å². The van der Waals surface area contributed by atoms with Crippen molar-refractivity contribution in [1.82, 2.24) is 14.7 Å². The summed E-state index contributed by atoms with van der Waals surface area (Å²) in [6.45, 7) is 0.534. The van der Waals surface area contributed by atoms with E-state index in [9.17, 15) is 14.0 Å². The number of para-hydroxylation sites is 1. The summed E-state index contributed by atoms with van der Waals surface area (Å²) in [5, 5.41) is 4.06. The summed E-state index contributed by atoms with van der Waals surface area (Å²) in [4.78, 5) is 26.0. The van der Waals surface area contributed by atoms with Crippen molar-refractivity contribution in [3.8, 4) is 5.69 Å². The molecule has 3 fully saturated rings. The van der Waals surface area contributed by atoms with Crippen LogP contribution in [0.15, 0.2) is 36.7 Å². The number of amides is 2. The highest BCUT2D eigenvalue weighted by molar-refractivity contribution is 6.00. The maximum atomic E-state index is 13.8. The van der Waals surface area contributed by atoms with Crippen molar-refractivity contribution in [2.75, 3.05) is 6.54 Å². The number of rotatable bonds is 3. The highest BCUT2D eigenvalue weighted by Crippen LogP contribution is 2.50. The van der Waals surface area contributed by atoms with Crippen LogP contribution < -0.4 is 5.73 Å². The van der Waals surface area contributed by atoms with Gasteiger partial charge in [0.05, 0.1) is 11.8 Å². The molecule has 0 atom stereocenters. The predicted molar refractivity (Wildman–Crippen MR) is 79.2 cm³/mol. The Labute approximate surface area is 131 Å². The van der Waals surface area contributed by atoms with E-state index in [4.69, 9.17) is 5.73 Å². The molecule has 0 unspecified atom stereocenters. The van der Waals surface area contributed by atoms with E-state index in [1.165, 1.54) is 23.1 Å². The third kappa shape index (κ3) is 1.89. The number of halogens is 1. The lowest BCUT2D eigenvalue weighted by Crippen LogP contribution is -2.57. The fourth-order valence-corrected chi connectivity index (χ4v) is 3.65. The minimum Gasteiger partial charge on any atom is -0.368 e. The van der Waals surface area contributed by atoms with E-state index in [1.54, 1.807) is 23.1 Å². The van der Waals surface area contributed by atoms with Gasteiger partial charge in [0.15, 0.2) is 0 Å². The Balaban J connectivity index is 1.64. The molecule has 1 saturated carbocycles. The topological polar surface area (TPSA) is 81.2 Å². The molecule has 2 bridgehead atoms. The molecular weight excluding hydrogens is 299 g/mol. The molecule has 1 aromatic carbocycles. The Morgan fingerprint density at radius 3 is 2.74 bits per heavy atom. The first kappa shape index (κ1) is 13.9. The fourth-order valence-electron chi connectivity index (χ4n) is 3.65. The van der Waals surface area contributed by atoms with Crippen LogP contribution in [0, 0.1) is 11.7 Å². The van der Waals surface area contributed by atoms with Crippen LogP contribution in [-0.2, 0) is 4.79 Å². The lowest BCUT2D eigenvalue weighted by molar-refractivity contribution is -0.129. The molecule has 3 heterocycles. The maximum absolute atomic E-state index is 13.8. The molecule has 118 valence electrons. The standard InChI is InChI=1S/C16H15FN4O2/c17-12-3-1-2-4-13(12)21-9-11(7-19-21)14(22)20-8-10-5-16(20,6-10)15(18)23/h1-4,7,9-10H,5-6,8H2,(H2,18,23). The maximum Gasteiger partial charge on any atom is 0.257 e. The van der Waals surface area contributed by atoms with E-state index >= 15 is 0 Å². The average molecular weight is 314 g/mol. The van der Waals surface area contributed by atoms with Crippen molar-refractivity contribution in [2.24, 2.45) is 11.7 Å². The summed E-state index contributed by atoms with van der Waals surface area (Å²) < 4.78 is 15.1. The van der Waals surface area contributed by atoms with Crippen molar-refractivity contribution in [2.45, 2.75) is 18.4 Å². The van der Waals surface area contributed by atoms with Gasteiger partial charge in [0.2, 0.25) is 5.91 Å². The van der Waals surface area contributed by atoms with Crippen LogP contribution in [0.5, 0.6) is 0 Å². The fraction of sp³-hybridized carbons (Fsp3) is 0.312. The molecule has 1 aromatic heterocycles. The molecule has 7 heteroatoms. The quantitative estimate of drug-likeness (QED) is 0.921. The molecule has 2 aliphatic heterocycles. The minimum absolute atomic E-state index is 0.266. The first-order valence-corrected chi connectivity index (χ1v) is 7.43. The smallest absolute Gasteiger partial charge is 0.257 e. The van der Waals surface area contributed by atoms with Gasteiger partial charge in [-0.2, -0.15) is 5.10 Å². The number of aromatic nitrogens is 2. The number of nitrogens with two attached hydrogens (primary N) is 1. The Kier molecular flexibility index (Phi) is 2.81. The molecule has 2 saturated heterocycles. The lowest BCUT2D eigenvalue weighted by atomic mass is 9.73. The van der Waals surface area contributed by atoms with Crippen LogP contribution in [0.4, 0.5) is 4.39 Å². The number of primary amides is 1. The summed E-state index contributed by atoms with van der Waals surface area (Å²) in [7, 11) is 0. The van der Waals surface area contributed by atoms with E-state index in [1.807, 2.05) is 0 Å². The van der Waals surface area contributed by atoms with Crippen LogP contribution in [0.3, 0.4) is 0 Å². The Bertz CT molecular complexity index is 810. The number of carbonyl (C=O) groups is 2. The molecule has 2 N–H and O–H groups in total. The average Bonchev–Trinajstić information content (AvgIpc) is 3.19. The van der Waals surface area contributed by atoms with E-state index in [-0.39, 0.29) is 11.6 Å². The predicted octanol–water partition coefficient (Wildman–Crippen LogP) is 1.10. The van der Waals surface area contributed by atoms with Gasteiger partial charge in [-0.1, -0.05) is 12.1 Å². The second-order valence-corrected chi connectivity index (χ2v) is 6.21. The van der Waals surface area contributed by atoms with Crippen molar-refractivity contribution >= 4 is 11.8 Å². The summed E-state index contributed by atoms with van der Waals surface area (Å²) >= 11 is 0. The molecule has 0 spiro atoms. The summed E-state index contributed by atoms with van der Waals surface area (Å²) in [5.74, 6) is -0.827. The third-order valence-corrected chi connectivity index (χ3v) is 4.84. The first-order valence-electron chi connectivity index (χ1n) is 7.43. The summed E-state index contributed by atoms with van der Waals surface area (Å²) in [6.07, 6.45) is 4.13. The second kappa shape index (κ2) is 4.65. The molecular formula is C16H15FN4O2. The Morgan fingerprint density at radius 1 is 1.30 bits per heavy atom. The molecule has 0 radical (unpaired) electrons. The summed E-state index contributed by atoms with van der Waals surface area (Å²) in [5.41, 5.74) is 5.23. The second-order valence-electron chi connectivity index (χ2n) is 6.21. The zero-order valence-electron chi connectivity index (χ0n) is 12.3. The van der Waals surface area contributed by atoms with Crippen LogP contribution in [0.25, 0.3) is 5.69 Å². The zero-order chi connectivity index (χ0) is 16.2. The van der Waals surface area contributed by atoms with E-state index in [0.717, 1.165) is 0 Å². The molecule has 5 rings (SSSR count). The van der Waals surface area contributed by atoms with Gasteiger partial charge >= 0.3 is 0 Å². The molecule has 6 nitrogen and oxygen atoms in total. The summed E-state index contributed by atoms with van der Waals surface area (Å²) in [6, 6.07) is 6.19. The lowest BCUT2D eigenvalue weighted by Gasteiger charge is -2.38. The van der Waals surface area contributed by atoms with Gasteiger partial charge in [0.1, 0.15) is 17.0 Å². The number of hydrogen-bond acceptors (Lipinski definition) is 3. The highest BCUT2D eigenvalue weighted by atomic mass is 19.1. The molecule has 1 aliphatic carbocycles. The van der Waals surface area contributed by atoms with Gasteiger partial charge in [0, 0.05) is 12.7 Å². The Morgan fingerprint density at radius 2 is 2.04 bits per heavy atom. The highest BCUT2D eigenvalue weighted by Gasteiger charge is 2.61. The number of nitrogens with zero attached hydrogens (tertiary/aromatic N) is 3. The van der Waals surface area contributed by atoms with Gasteiger partial charge in [0.25, 0.3) is 5.91 Å². The largest absolute Gasteiger partial charge is 0.368 e. The SMILES string of the molecule is NC(=O)C12CC(CN1C(=O)c1cnn(-c3ccccc3F)c1)C2. The molecule has 2 amide bonds. The van der Waals surface area contributed by atoms with Crippen molar-refractivity contribution in [3.05, 3.63) is 48.0 Å². The van der Waals surface area contributed by atoms with Gasteiger partial charge in [-0.15, -0.1) is 0 Å². The third-order valence-electron chi connectivity index (χ3n) is 4.84. The number of benzene rings is 1. The van der Waals surface area contributed by atoms with Crippen LogP contribution in [-0.4, -0.2) is 38.6 Å². The van der Waals surface area contributed by atoms with Crippen LogP contribution >= 0.6 is 0 Å². The Hall–Kier alpha value is -2.70. The molecule has 3 aliphatic rings. The van der Waals surface area contributed by atoms with Crippen molar-refractivity contribution in [3.63, 3.8) is 0 Å². The minimum atomic E-state index is -0.845. The normalized spacial score (nSPS) is 25.3. The number of carbonyl (C=O) groups excluding carboxylic acids is 2. The van der Waals surface area contributed by atoms with E-state index in [0.29, 0.717) is 30.9 Å². The van der Waals surface area contributed by atoms with Gasteiger partial charge in [-0.3, -0.25) is 9.59 Å². The van der Waals surface area contributed by atoms with Crippen molar-refractivity contribution < 1.29 is 14.0 Å². The van der Waals surface area contributed by atoms with Gasteiger partial charge in [-0.05, 0) is 30.9 Å². The number of hydrogen-bond donors (Lipinski definition) is 1. The van der Waals surface area contributed by atoms with E-state index in [2.05, 4.69) is 5.10 Å². The van der Waals surface area contributed by atoms with E-state index < -0.39 is 17.3 Å².